The maximum atomic E-state index is 13.4. The van der Waals surface area contributed by atoms with Gasteiger partial charge in [-0.3, -0.25) is 14.3 Å². The molecular weight excluding hydrogens is 418 g/mol. The van der Waals surface area contributed by atoms with E-state index >= 15 is 0 Å². The van der Waals surface area contributed by atoms with Gasteiger partial charge in [0.05, 0.1) is 18.6 Å². The van der Waals surface area contributed by atoms with E-state index in [1.165, 1.54) is 41.2 Å². The van der Waals surface area contributed by atoms with Gasteiger partial charge in [0, 0.05) is 14.1 Å². The summed E-state index contributed by atoms with van der Waals surface area (Å²) < 4.78 is 4.64. The van der Waals surface area contributed by atoms with Crippen LogP contribution in [-0.4, -0.2) is 48.4 Å². The predicted molar refractivity (Wildman–Crippen MR) is 135 cm³/mol. The van der Waals surface area contributed by atoms with Crippen LogP contribution in [0.5, 0.6) is 0 Å². The fourth-order valence-electron chi connectivity index (χ4n) is 4.58. The minimum atomic E-state index is -0.305. The van der Waals surface area contributed by atoms with Gasteiger partial charge in [-0.25, -0.2) is 14.3 Å². The Labute approximate surface area is 198 Å². The summed E-state index contributed by atoms with van der Waals surface area (Å²) in [5.74, 6) is 0. The van der Waals surface area contributed by atoms with Gasteiger partial charge in [-0.05, 0) is 39.8 Å². The van der Waals surface area contributed by atoms with Gasteiger partial charge in [-0.1, -0.05) is 64.7 Å². The highest BCUT2D eigenvalue weighted by atomic mass is 16.3. The summed E-state index contributed by atoms with van der Waals surface area (Å²) >= 11 is 0. The number of hydrogen-bond acceptors (Lipinski definition) is 5. The van der Waals surface area contributed by atoms with E-state index in [0.717, 1.165) is 51.5 Å². The number of fused-ring (bicyclic) bond motifs is 1. The van der Waals surface area contributed by atoms with Crippen molar-refractivity contribution in [3.05, 3.63) is 27.2 Å². The van der Waals surface area contributed by atoms with Crippen LogP contribution in [0.1, 0.15) is 97.1 Å². The molecule has 0 aliphatic rings. The third-order valence-electron chi connectivity index (χ3n) is 6.66. The fraction of sp³-hybridized carbons (Fsp3) is 0.800. The van der Waals surface area contributed by atoms with Crippen LogP contribution >= 0.6 is 0 Å². The summed E-state index contributed by atoms with van der Waals surface area (Å²) in [5, 5.41) is 9.46. The molecule has 0 amide bonds. The van der Waals surface area contributed by atoms with Crippen molar-refractivity contribution in [2.24, 2.45) is 14.1 Å². The standard InChI is InChI=1S/C25H45N5O3/c1-6-7-8-9-12-15-18-27(3)21(17-14-11-10-13-16-20(2)31)30-24(32)22-23(26-19-28(22)4)29(5)25(30)33/h19-21,31H,6-18H2,1-5H3. The summed E-state index contributed by atoms with van der Waals surface area (Å²) in [4.78, 5) is 33.1. The Kier molecular flexibility index (Phi) is 11.3. The molecule has 8 heteroatoms. The molecule has 1 N–H and O–H groups in total. The molecule has 2 rings (SSSR count). The van der Waals surface area contributed by atoms with Crippen molar-refractivity contribution in [1.82, 2.24) is 23.6 Å². The molecule has 8 nitrogen and oxygen atoms in total. The van der Waals surface area contributed by atoms with Crippen LogP contribution in [0.3, 0.4) is 0 Å². The first-order valence-electron chi connectivity index (χ1n) is 12.8. The molecular formula is C25H45N5O3. The number of aryl methyl sites for hydroxylation is 2. The monoisotopic (exact) mass is 463 g/mol. The third kappa shape index (κ3) is 7.54. The summed E-state index contributed by atoms with van der Waals surface area (Å²) in [6.07, 6.45) is 13.9. The van der Waals surface area contributed by atoms with Crippen molar-refractivity contribution in [2.45, 2.75) is 103 Å². The van der Waals surface area contributed by atoms with Gasteiger partial charge < -0.3 is 9.67 Å². The molecule has 188 valence electrons. The number of aliphatic hydroxyl groups is 1. The lowest BCUT2D eigenvalue weighted by Gasteiger charge is -2.29. The Morgan fingerprint density at radius 2 is 1.58 bits per heavy atom. The number of unbranched alkanes of at least 4 members (excludes halogenated alkanes) is 8. The lowest BCUT2D eigenvalue weighted by atomic mass is 10.1. The van der Waals surface area contributed by atoms with E-state index in [1.807, 2.05) is 14.0 Å². The molecule has 0 bridgehead atoms. The second kappa shape index (κ2) is 13.7. The molecule has 0 aromatic carbocycles. The van der Waals surface area contributed by atoms with E-state index < -0.39 is 0 Å². The first kappa shape index (κ1) is 27.3. The van der Waals surface area contributed by atoms with E-state index in [1.54, 1.807) is 25.0 Å². The van der Waals surface area contributed by atoms with Crippen molar-refractivity contribution in [2.75, 3.05) is 13.6 Å². The van der Waals surface area contributed by atoms with Crippen molar-refractivity contribution < 1.29 is 5.11 Å². The van der Waals surface area contributed by atoms with E-state index in [0.29, 0.717) is 11.2 Å². The Bertz CT molecular complexity index is 959. The highest BCUT2D eigenvalue weighted by molar-refractivity contribution is 5.69. The zero-order valence-electron chi connectivity index (χ0n) is 21.4. The van der Waals surface area contributed by atoms with Gasteiger partial charge in [0.1, 0.15) is 0 Å². The third-order valence-corrected chi connectivity index (χ3v) is 6.66. The normalized spacial score (nSPS) is 13.8. The lowest BCUT2D eigenvalue weighted by molar-refractivity contribution is 0.148. The van der Waals surface area contributed by atoms with Crippen molar-refractivity contribution in [1.29, 1.82) is 0 Å². The summed E-state index contributed by atoms with van der Waals surface area (Å²) in [5.41, 5.74) is 0.327. The maximum absolute atomic E-state index is 13.4. The molecule has 0 aliphatic carbocycles. The number of aromatic nitrogens is 4. The quantitative estimate of drug-likeness (QED) is 0.381. The Balaban J connectivity index is 2.19. The molecule has 2 heterocycles. The number of aliphatic hydroxyl groups excluding tert-OH is 1. The van der Waals surface area contributed by atoms with E-state index in [4.69, 9.17) is 0 Å². The van der Waals surface area contributed by atoms with Gasteiger partial charge in [-0.2, -0.15) is 0 Å². The minimum Gasteiger partial charge on any atom is -0.393 e. The van der Waals surface area contributed by atoms with Crippen molar-refractivity contribution in [3.8, 4) is 0 Å². The van der Waals surface area contributed by atoms with Gasteiger partial charge >= 0.3 is 5.69 Å². The number of rotatable bonds is 16. The number of imidazole rings is 1. The van der Waals surface area contributed by atoms with Crippen LogP contribution in [0.25, 0.3) is 11.2 Å². The molecule has 33 heavy (non-hydrogen) atoms. The first-order chi connectivity index (χ1) is 15.8. The largest absolute Gasteiger partial charge is 0.393 e. The lowest BCUT2D eigenvalue weighted by Crippen LogP contribution is -2.47. The van der Waals surface area contributed by atoms with Crippen LogP contribution in [-0.2, 0) is 14.1 Å². The van der Waals surface area contributed by atoms with Crippen molar-refractivity contribution >= 4 is 11.2 Å². The molecule has 2 atom stereocenters. The number of hydrogen-bond donors (Lipinski definition) is 1. The second-order valence-electron chi connectivity index (χ2n) is 9.61. The number of nitrogens with zero attached hydrogens (tertiary/aromatic N) is 5. The van der Waals surface area contributed by atoms with E-state index in [9.17, 15) is 14.7 Å². The molecule has 0 radical (unpaired) electrons. The average molecular weight is 464 g/mol. The molecule has 0 fully saturated rings. The first-order valence-corrected chi connectivity index (χ1v) is 12.8. The van der Waals surface area contributed by atoms with Crippen LogP contribution in [0, 0.1) is 0 Å². The molecule has 2 aromatic heterocycles. The topological polar surface area (TPSA) is 85.3 Å². The zero-order chi connectivity index (χ0) is 24.4. The van der Waals surface area contributed by atoms with E-state index in [2.05, 4.69) is 16.8 Å². The summed E-state index contributed by atoms with van der Waals surface area (Å²) in [6, 6.07) is 0. The molecule has 0 saturated carbocycles. The van der Waals surface area contributed by atoms with Crippen LogP contribution in [0.4, 0.5) is 0 Å². The van der Waals surface area contributed by atoms with Crippen LogP contribution in [0.2, 0.25) is 0 Å². The average Bonchev–Trinajstić information content (AvgIpc) is 3.17. The van der Waals surface area contributed by atoms with Gasteiger partial charge in [0.2, 0.25) is 0 Å². The molecule has 2 unspecified atom stereocenters. The molecule has 0 spiro atoms. The zero-order valence-corrected chi connectivity index (χ0v) is 21.4. The smallest absolute Gasteiger partial charge is 0.333 e. The fourth-order valence-corrected chi connectivity index (χ4v) is 4.58. The minimum absolute atomic E-state index is 0.256. The highest BCUT2D eigenvalue weighted by Gasteiger charge is 2.24. The predicted octanol–water partition coefficient (Wildman–Crippen LogP) is 3.95. The van der Waals surface area contributed by atoms with Gasteiger partial charge in [-0.15, -0.1) is 0 Å². The molecule has 2 aromatic rings. The second-order valence-corrected chi connectivity index (χ2v) is 9.61. The van der Waals surface area contributed by atoms with Gasteiger partial charge in [0.25, 0.3) is 5.56 Å². The van der Waals surface area contributed by atoms with Gasteiger partial charge in [0.15, 0.2) is 11.2 Å². The van der Waals surface area contributed by atoms with E-state index in [-0.39, 0.29) is 23.5 Å². The van der Waals surface area contributed by atoms with Crippen molar-refractivity contribution in [3.63, 3.8) is 0 Å². The molecule has 0 aliphatic heterocycles. The Hall–Kier alpha value is -1.93. The maximum Gasteiger partial charge on any atom is 0.333 e. The Morgan fingerprint density at radius 1 is 0.970 bits per heavy atom. The highest BCUT2D eigenvalue weighted by Crippen LogP contribution is 2.20. The summed E-state index contributed by atoms with van der Waals surface area (Å²) in [6.45, 7) is 4.90. The van der Waals surface area contributed by atoms with Crippen LogP contribution in [0.15, 0.2) is 15.9 Å². The van der Waals surface area contributed by atoms with Crippen LogP contribution < -0.4 is 11.2 Å². The summed E-state index contributed by atoms with van der Waals surface area (Å²) in [7, 11) is 5.51. The SMILES string of the molecule is CCCCCCCCN(C)C(CCCCCCC(C)O)n1c(=O)c2c(ncn2C)n(C)c1=O. The Morgan fingerprint density at radius 3 is 2.24 bits per heavy atom. The molecule has 0 saturated heterocycles.